The van der Waals surface area contributed by atoms with Crippen molar-refractivity contribution in [3.8, 4) is 21.1 Å². The standard InChI is InChI=1S/C20H13FN2O2S2/c21-15-8-6-14(7-9-15)19-23-17(12-27-19)20(24)25-10-16-11-26-18(22-16)13-4-2-1-3-5-13/h1-9,11-12H,10H2. The second-order valence-electron chi connectivity index (χ2n) is 5.63. The molecule has 0 bridgehead atoms. The Morgan fingerprint density at radius 2 is 1.56 bits per heavy atom. The summed E-state index contributed by atoms with van der Waals surface area (Å²) >= 11 is 2.82. The van der Waals surface area contributed by atoms with Gasteiger partial charge in [-0.3, -0.25) is 0 Å². The molecule has 7 heteroatoms. The van der Waals surface area contributed by atoms with Crippen LogP contribution >= 0.6 is 22.7 Å². The van der Waals surface area contributed by atoms with Crippen molar-refractivity contribution in [2.24, 2.45) is 0 Å². The van der Waals surface area contributed by atoms with Crippen LogP contribution in [-0.2, 0) is 11.3 Å². The molecule has 4 nitrogen and oxygen atoms in total. The van der Waals surface area contributed by atoms with Gasteiger partial charge in [0.25, 0.3) is 0 Å². The van der Waals surface area contributed by atoms with Crippen molar-refractivity contribution < 1.29 is 13.9 Å². The molecular formula is C20H13FN2O2S2. The van der Waals surface area contributed by atoms with E-state index in [1.807, 2.05) is 35.7 Å². The lowest BCUT2D eigenvalue weighted by Crippen LogP contribution is -2.05. The van der Waals surface area contributed by atoms with E-state index in [1.165, 1.54) is 34.8 Å². The molecule has 0 aliphatic heterocycles. The number of carbonyl (C=O) groups is 1. The van der Waals surface area contributed by atoms with E-state index >= 15 is 0 Å². The van der Waals surface area contributed by atoms with Gasteiger partial charge in [-0.05, 0) is 24.3 Å². The van der Waals surface area contributed by atoms with Gasteiger partial charge in [0.2, 0.25) is 0 Å². The number of hydrogen-bond acceptors (Lipinski definition) is 6. The average Bonchev–Trinajstić information content (AvgIpc) is 3.37. The Morgan fingerprint density at radius 3 is 2.33 bits per heavy atom. The molecule has 27 heavy (non-hydrogen) atoms. The van der Waals surface area contributed by atoms with Crippen LogP contribution in [0.15, 0.2) is 65.4 Å². The van der Waals surface area contributed by atoms with Crippen LogP contribution < -0.4 is 0 Å². The van der Waals surface area contributed by atoms with Crippen LogP contribution in [0.5, 0.6) is 0 Å². The van der Waals surface area contributed by atoms with Gasteiger partial charge in [-0.15, -0.1) is 22.7 Å². The number of halogens is 1. The SMILES string of the molecule is O=C(OCc1csc(-c2ccccc2)n1)c1csc(-c2ccc(F)cc2)n1. The smallest absolute Gasteiger partial charge is 0.358 e. The monoisotopic (exact) mass is 396 g/mol. The summed E-state index contributed by atoms with van der Waals surface area (Å²) in [6.45, 7) is 0.0889. The number of carbonyl (C=O) groups excluding carboxylic acids is 1. The minimum absolute atomic E-state index is 0.0889. The molecule has 0 amide bonds. The van der Waals surface area contributed by atoms with Crippen LogP contribution in [0.25, 0.3) is 21.1 Å². The number of hydrogen-bond donors (Lipinski definition) is 0. The van der Waals surface area contributed by atoms with E-state index in [9.17, 15) is 9.18 Å². The Morgan fingerprint density at radius 1 is 0.889 bits per heavy atom. The largest absolute Gasteiger partial charge is 0.454 e. The second kappa shape index (κ2) is 7.77. The summed E-state index contributed by atoms with van der Waals surface area (Å²) in [7, 11) is 0. The molecule has 0 aliphatic carbocycles. The van der Waals surface area contributed by atoms with Crippen molar-refractivity contribution in [3.05, 3.63) is 82.6 Å². The van der Waals surface area contributed by atoms with Crippen molar-refractivity contribution in [1.82, 2.24) is 9.97 Å². The van der Waals surface area contributed by atoms with Gasteiger partial charge in [0.1, 0.15) is 22.4 Å². The number of ether oxygens (including phenoxy) is 1. The molecule has 0 spiro atoms. The van der Waals surface area contributed by atoms with Crippen LogP contribution in [0.2, 0.25) is 0 Å². The Kier molecular flexibility index (Phi) is 5.04. The lowest BCUT2D eigenvalue weighted by molar-refractivity contribution is 0.0462. The highest BCUT2D eigenvalue weighted by molar-refractivity contribution is 7.13. The number of esters is 1. The topological polar surface area (TPSA) is 52.1 Å². The summed E-state index contributed by atoms with van der Waals surface area (Å²) in [5.74, 6) is -0.818. The first-order valence-corrected chi connectivity index (χ1v) is 9.83. The van der Waals surface area contributed by atoms with Gasteiger partial charge >= 0.3 is 5.97 Å². The summed E-state index contributed by atoms with van der Waals surface area (Å²) in [4.78, 5) is 21.0. The summed E-state index contributed by atoms with van der Waals surface area (Å²) in [6, 6.07) is 15.8. The molecule has 0 N–H and O–H groups in total. The predicted molar refractivity (Wildman–Crippen MR) is 104 cm³/mol. The van der Waals surface area contributed by atoms with E-state index < -0.39 is 5.97 Å². The molecule has 0 radical (unpaired) electrons. The third-order valence-electron chi connectivity index (χ3n) is 3.73. The number of benzene rings is 2. The Labute approximate surface area is 162 Å². The Balaban J connectivity index is 1.40. The van der Waals surface area contributed by atoms with Crippen molar-refractivity contribution in [2.45, 2.75) is 6.61 Å². The highest BCUT2D eigenvalue weighted by atomic mass is 32.1. The van der Waals surface area contributed by atoms with Crippen molar-refractivity contribution in [2.75, 3.05) is 0 Å². The molecule has 4 rings (SSSR count). The first-order valence-electron chi connectivity index (χ1n) is 8.07. The maximum absolute atomic E-state index is 13.0. The van der Waals surface area contributed by atoms with Crippen molar-refractivity contribution in [3.63, 3.8) is 0 Å². The molecule has 0 saturated heterocycles. The van der Waals surface area contributed by atoms with Crippen LogP contribution in [-0.4, -0.2) is 15.9 Å². The van der Waals surface area contributed by atoms with Gasteiger partial charge < -0.3 is 4.74 Å². The quantitative estimate of drug-likeness (QED) is 0.422. The predicted octanol–water partition coefficient (Wildman–Crippen LogP) is 5.43. The van der Waals surface area contributed by atoms with Gasteiger partial charge in [-0.1, -0.05) is 30.3 Å². The molecule has 2 heterocycles. The lowest BCUT2D eigenvalue weighted by atomic mass is 10.2. The van der Waals surface area contributed by atoms with E-state index in [0.29, 0.717) is 10.7 Å². The van der Waals surface area contributed by atoms with Crippen molar-refractivity contribution >= 4 is 28.6 Å². The fourth-order valence-corrected chi connectivity index (χ4v) is 4.00. The molecule has 0 saturated carbocycles. The summed E-state index contributed by atoms with van der Waals surface area (Å²) < 4.78 is 18.3. The first kappa shape index (κ1) is 17.5. The summed E-state index contributed by atoms with van der Waals surface area (Å²) in [5.41, 5.74) is 2.72. The van der Waals surface area contributed by atoms with E-state index in [1.54, 1.807) is 17.5 Å². The zero-order valence-corrected chi connectivity index (χ0v) is 15.6. The highest BCUT2D eigenvalue weighted by Gasteiger charge is 2.14. The van der Waals surface area contributed by atoms with E-state index in [4.69, 9.17) is 4.74 Å². The van der Waals surface area contributed by atoms with E-state index in [2.05, 4.69) is 9.97 Å². The van der Waals surface area contributed by atoms with Crippen LogP contribution in [0.1, 0.15) is 16.2 Å². The fraction of sp³-hybridized carbons (Fsp3) is 0.0500. The molecule has 0 unspecified atom stereocenters. The number of nitrogens with zero attached hydrogens (tertiary/aromatic N) is 2. The minimum atomic E-state index is -0.506. The molecule has 134 valence electrons. The van der Waals surface area contributed by atoms with Crippen LogP contribution in [0.4, 0.5) is 4.39 Å². The minimum Gasteiger partial charge on any atom is -0.454 e. The van der Waals surface area contributed by atoms with Crippen molar-refractivity contribution in [1.29, 1.82) is 0 Å². The van der Waals surface area contributed by atoms with Gasteiger partial charge in [0.15, 0.2) is 5.69 Å². The van der Waals surface area contributed by atoms with Crippen LogP contribution in [0.3, 0.4) is 0 Å². The molecule has 2 aromatic carbocycles. The Bertz CT molecular complexity index is 1060. The average molecular weight is 396 g/mol. The van der Waals surface area contributed by atoms with E-state index in [0.717, 1.165) is 16.1 Å². The van der Waals surface area contributed by atoms with Gasteiger partial charge in [-0.25, -0.2) is 19.2 Å². The Hall–Kier alpha value is -2.90. The molecular weight excluding hydrogens is 383 g/mol. The maximum Gasteiger partial charge on any atom is 0.358 e. The normalized spacial score (nSPS) is 10.7. The zero-order valence-electron chi connectivity index (χ0n) is 14.0. The molecule has 0 atom stereocenters. The summed E-state index contributed by atoms with van der Waals surface area (Å²) in [5, 5.41) is 5.04. The number of thiazole rings is 2. The van der Waals surface area contributed by atoms with Gasteiger partial charge in [-0.2, -0.15) is 0 Å². The third kappa shape index (κ3) is 4.10. The third-order valence-corrected chi connectivity index (χ3v) is 5.56. The van der Waals surface area contributed by atoms with Crippen LogP contribution in [0, 0.1) is 5.82 Å². The number of rotatable bonds is 5. The van der Waals surface area contributed by atoms with E-state index in [-0.39, 0.29) is 18.1 Å². The molecule has 0 fully saturated rings. The first-order chi connectivity index (χ1) is 13.2. The molecule has 0 aliphatic rings. The fourth-order valence-electron chi connectivity index (χ4n) is 2.39. The zero-order chi connectivity index (χ0) is 18.6. The number of aromatic nitrogens is 2. The van der Waals surface area contributed by atoms with Gasteiger partial charge in [0, 0.05) is 21.9 Å². The second-order valence-corrected chi connectivity index (χ2v) is 7.35. The molecule has 2 aromatic heterocycles. The molecule has 4 aromatic rings. The van der Waals surface area contributed by atoms with Gasteiger partial charge in [0.05, 0.1) is 5.69 Å². The lowest BCUT2D eigenvalue weighted by Gasteiger charge is -2.00. The maximum atomic E-state index is 13.0. The highest BCUT2D eigenvalue weighted by Crippen LogP contribution is 2.25. The summed E-state index contributed by atoms with van der Waals surface area (Å²) in [6.07, 6.45) is 0.